The number of hydrogen-bond donors (Lipinski definition) is 1. The van der Waals surface area contributed by atoms with Gasteiger partial charge in [0.15, 0.2) is 0 Å². The highest BCUT2D eigenvalue weighted by Gasteiger charge is 2.08. The average Bonchev–Trinajstić information content (AvgIpc) is 2.38. The summed E-state index contributed by atoms with van der Waals surface area (Å²) in [6.45, 7) is 3.13. The summed E-state index contributed by atoms with van der Waals surface area (Å²) in [6, 6.07) is 8.53. The number of nitrogens with zero attached hydrogens (tertiary/aromatic N) is 1. The first-order valence-electron chi connectivity index (χ1n) is 6.22. The molecule has 0 bridgehead atoms. The smallest absolute Gasteiger partial charge is 0.328 e. The second kappa shape index (κ2) is 8.02. The van der Waals surface area contributed by atoms with Gasteiger partial charge in [0.2, 0.25) is 0 Å². The SMILES string of the molecule is CSCC(C)N(C)Cc1ccc(/C=C/C(=O)O)cc1. The minimum atomic E-state index is -0.922. The van der Waals surface area contributed by atoms with E-state index < -0.39 is 5.97 Å². The van der Waals surface area contributed by atoms with Gasteiger partial charge in [-0.2, -0.15) is 11.8 Å². The van der Waals surface area contributed by atoms with Gasteiger partial charge in [-0.15, -0.1) is 0 Å². The van der Waals surface area contributed by atoms with Crippen LogP contribution in [0.3, 0.4) is 0 Å². The van der Waals surface area contributed by atoms with Crippen LogP contribution in [0.4, 0.5) is 0 Å². The van der Waals surface area contributed by atoms with Gasteiger partial charge in [-0.25, -0.2) is 4.79 Å². The molecule has 1 rings (SSSR count). The monoisotopic (exact) mass is 279 g/mol. The van der Waals surface area contributed by atoms with Crippen LogP contribution in [0.5, 0.6) is 0 Å². The van der Waals surface area contributed by atoms with E-state index in [2.05, 4.69) is 25.1 Å². The molecule has 1 aromatic rings. The van der Waals surface area contributed by atoms with E-state index in [0.717, 1.165) is 23.9 Å². The molecule has 19 heavy (non-hydrogen) atoms. The lowest BCUT2D eigenvalue weighted by molar-refractivity contribution is -0.131. The maximum atomic E-state index is 10.4. The number of carbonyl (C=O) groups is 1. The van der Waals surface area contributed by atoms with Gasteiger partial charge >= 0.3 is 5.97 Å². The number of rotatable bonds is 7. The molecule has 0 aliphatic heterocycles. The Morgan fingerprint density at radius 2 is 2.05 bits per heavy atom. The van der Waals surface area contributed by atoms with Crippen LogP contribution in [0.25, 0.3) is 6.08 Å². The highest BCUT2D eigenvalue weighted by molar-refractivity contribution is 7.98. The highest BCUT2D eigenvalue weighted by atomic mass is 32.2. The molecule has 0 saturated heterocycles. The van der Waals surface area contributed by atoms with Gasteiger partial charge in [0.05, 0.1) is 0 Å². The fourth-order valence-corrected chi connectivity index (χ4v) is 2.45. The second-order valence-electron chi connectivity index (χ2n) is 4.63. The van der Waals surface area contributed by atoms with E-state index in [9.17, 15) is 4.79 Å². The van der Waals surface area contributed by atoms with Crippen molar-refractivity contribution in [2.45, 2.75) is 19.5 Å². The van der Waals surface area contributed by atoms with E-state index in [1.165, 1.54) is 5.56 Å². The summed E-state index contributed by atoms with van der Waals surface area (Å²) < 4.78 is 0. The maximum absolute atomic E-state index is 10.4. The predicted molar refractivity (Wildman–Crippen MR) is 82.4 cm³/mol. The van der Waals surface area contributed by atoms with Gasteiger partial charge in [-0.1, -0.05) is 24.3 Å². The Labute approximate surface area is 119 Å². The Hall–Kier alpha value is -1.26. The summed E-state index contributed by atoms with van der Waals surface area (Å²) >= 11 is 1.85. The zero-order chi connectivity index (χ0) is 14.3. The topological polar surface area (TPSA) is 40.5 Å². The van der Waals surface area contributed by atoms with E-state index in [0.29, 0.717) is 6.04 Å². The van der Waals surface area contributed by atoms with Crippen molar-refractivity contribution in [1.82, 2.24) is 4.90 Å². The van der Waals surface area contributed by atoms with Gasteiger partial charge < -0.3 is 5.11 Å². The van der Waals surface area contributed by atoms with Gasteiger partial charge in [-0.3, -0.25) is 4.90 Å². The third kappa shape index (κ3) is 5.94. The van der Waals surface area contributed by atoms with Crippen molar-refractivity contribution in [3.8, 4) is 0 Å². The molecule has 0 spiro atoms. The molecule has 0 aliphatic rings. The molecule has 1 atom stereocenters. The van der Waals surface area contributed by atoms with E-state index in [-0.39, 0.29) is 0 Å². The summed E-state index contributed by atoms with van der Waals surface area (Å²) in [5.74, 6) is 0.199. The van der Waals surface area contributed by atoms with Gasteiger partial charge in [0.25, 0.3) is 0 Å². The Kier molecular flexibility index (Phi) is 6.67. The Morgan fingerprint density at radius 1 is 1.42 bits per heavy atom. The molecule has 0 aromatic heterocycles. The summed E-state index contributed by atoms with van der Waals surface area (Å²) in [6.07, 6.45) is 4.88. The molecule has 4 heteroatoms. The summed E-state index contributed by atoms with van der Waals surface area (Å²) in [4.78, 5) is 12.7. The number of carboxylic acids is 1. The minimum Gasteiger partial charge on any atom is -0.478 e. The molecule has 1 aromatic carbocycles. The lowest BCUT2D eigenvalue weighted by Crippen LogP contribution is -2.30. The predicted octanol–water partition coefficient (Wildman–Crippen LogP) is 2.97. The number of hydrogen-bond acceptors (Lipinski definition) is 3. The van der Waals surface area contributed by atoms with Crippen LogP contribution in [-0.2, 0) is 11.3 Å². The fourth-order valence-electron chi connectivity index (χ4n) is 1.71. The molecule has 1 N–H and O–H groups in total. The third-order valence-electron chi connectivity index (χ3n) is 2.99. The zero-order valence-corrected chi connectivity index (χ0v) is 12.5. The second-order valence-corrected chi connectivity index (χ2v) is 5.54. The van der Waals surface area contributed by atoms with E-state index in [1.807, 2.05) is 36.0 Å². The van der Waals surface area contributed by atoms with Crippen molar-refractivity contribution in [2.75, 3.05) is 19.1 Å². The van der Waals surface area contributed by atoms with Crippen molar-refractivity contribution in [2.24, 2.45) is 0 Å². The van der Waals surface area contributed by atoms with Crippen LogP contribution in [0, 0.1) is 0 Å². The van der Waals surface area contributed by atoms with Crippen LogP contribution in [0.15, 0.2) is 30.3 Å². The minimum absolute atomic E-state index is 0.543. The largest absolute Gasteiger partial charge is 0.478 e. The molecule has 0 fully saturated rings. The molecular formula is C15H21NO2S. The molecule has 1 unspecified atom stereocenters. The number of thioether (sulfide) groups is 1. The molecule has 0 saturated carbocycles. The van der Waals surface area contributed by atoms with E-state index in [1.54, 1.807) is 6.08 Å². The van der Waals surface area contributed by atoms with E-state index in [4.69, 9.17) is 5.11 Å². The Balaban J connectivity index is 2.59. The van der Waals surface area contributed by atoms with Crippen molar-refractivity contribution in [3.63, 3.8) is 0 Å². The van der Waals surface area contributed by atoms with Crippen LogP contribution in [0.1, 0.15) is 18.1 Å². The standard InChI is InChI=1S/C15H21NO2S/c1-12(11-19-3)16(2)10-14-6-4-13(5-7-14)8-9-15(17)18/h4-9,12H,10-11H2,1-3H3,(H,17,18)/b9-8+. The molecule has 104 valence electrons. The quantitative estimate of drug-likeness (QED) is 0.779. The van der Waals surface area contributed by atoms with Crippen LogP contribution in [-0.4, -0.2) is 41.1 Å². The molecule has 0 radical (unpaired) electrons. The molecule has 0 heterocycles. The molecule has 3 nitrogen and oxygen atoms in total. The van der Waals surface area contributed by atoms with Crippen LogP contribution in [0.2, 0.25) is 0 Å². The molecular weight excluding hydrogens is 258 g/mol. The number of benzene rings is 1. The summed E-state index contributed by atoms with van der Waals surface area (Å²) in [5, 5.41) is 8.56. The van der Waals surface area contributed by atoms with Crippen molar-refractivity contribution in [3.05, 3.63) is 41.5 Å². The molecule has 0 amide bonds. The van der Waals surface area contributed by atoms with Crippen LogP contribution < -0.4 is 0 Å². The normalized spacial score (nSPS) is 13.1. The van der Waals surface area contributed by atoms with Crippen molar-refractivity contribution >= 4 is 23.8 Å². The molecule has 0 aliphatic carbocycles. The number of carboxylic acid groups (broad SMARTS) is 1. The first-order valence-corrected chi connectivity index (χ1v) is 7.61. The first kappa shape index (κ1) is 15.8. The van der Waals surface area contributed by atoms with E-state index >= 15 is 0 Å². The van der Waals surface area contributed by atoms with Crippen molar-refractivity contribution in [1.29, 1.82) is 0 Å². The summed E-state index contributed by atoms with van der Waals surface area (Å²) in [5.41, 5.74) is 2.15. The van der Waals surface area contributed by atoms with Gasteiger partial charge in [0.1, 0.15) is 0 Å². The maximum Gasteiger partial charge on any atom is 0.328 e. The zero-order valence-electron chi connectivity index (χ0n) is 11.7. The van der Waals surface area contributed by atoms with Crippen molar-refractivity contribution < 1.29 is 9.90 Å². The highest BCUT2D eigenvalue weighted by Crippen LogP contribution is 2.11. The van der Waals surface area contributed by atoms with Crippen LogP contribution >= 0.6 is 11.8 Å². The number of aliphatic carboxylic acids is 1. The first-order chi connectivity index (χ1) is 9.02. The lowest BCUT2D eigenvalue weighted by Gasteiger charge is -2.24. The Morgan fingerprint density at radius 3 is 2.58 bits per heavy atom. The fraction of sp³-hybridized carbons (Fsp3) is 0.400. The summed E-state index contributed by atoms with van der Waals surface area (Å²) in [7, 11) is 2.12. The lowest BCUT2D eigenvalue weighted by atomic mass is 10.1. The van der Waals surface area contributed by atoms with Gasteiger partial charge in [0, 0.05) is 24.4 Å². The third-order valence-corrected chi connectivity index (χ3v) is 3.81. The Bertz CT molecular complexity index is 428. The average molecular weight is 279 g/mol. The van der Waals surface area contributed by atoms with Gasteiger partial charge in [-0.05, 0) is 37.4 Å².